The summed E-state index contributed by atoms with van der Waals surface area (Å²) in [4.78, 5) is 15.2. The molecule has 0 aliphatic rings. The SMILES string of the molecule is CC(C)[Si](c1c2cc(-c3ccc4ccccc4c3)ccc2c([Si](C(C)C)(C(C)C)C(C)C)c2c(C(=O)Cc3ccc4ccccc4c3)cccc12)(C(C)C)C(C)C. The maximum absolute atomic E-state index is 15.2. The second-order valence-corrected chi connectivity index (χ2v) is 30.5. The van der Waals surface area contributed by atoms with E-state index in [1.807, 2.05) is 0 Å². The average Bonchev–Trinajstić information content (AvgIpc) is 3.17. The first-order valence-corrected chi connectivity index (χ1v) is 26.1. The molecule has 0 spiro atoms. The van der Waals surface area contributed by atoms with Gasteiger partial charge in [-0.25, -0.2) is 0 Å². The normalized spacial score (nSPS) is 12.9. The first kappa shape index (κ1) is 40.9. The lowest BCUT2D eigenvalue weighted by Gasteiger charge is -2.48. The van der Waals surface area contributed by atoms with E-state index in [-0.39, 0.29) is 5.78 Å². The number of rotatable bonds is 12. The van der Waals surface area contributed by atoms with E-state index in [4.69, 9.17) is 0 Å². The highest BCUT2D eigenvalue weighted by Crippen LogP contribution is 2.48. The number of Topliss-reactive ketones (excluding diaryl/α,β-unsaturated/α-hetero) is 1. The van der Waals surface area contributed by atoms with Gasteiger partial charge in [0, 0.05) is 12.0 Å². The molecule has 7 aromatic rings. The molecular weight excluding hydrogens is 721 g/mol. The van der Waals surface area contributed by atoms with Gasteiger partial charge in [0.05, 0.1) is 16.1 Å². The highest BCUT2D eigenvalue weighted by atomic mass is 28.3. The summed E-state index contributed by atoms with van der Waals surface area (Å²) in [5.74, 6) is 0.222. The van der Waals surface area contributed by atoms with Crippen LogP contribution in [0.2, 0.25) is 33.2 Å². The summed E-state index contributed by atoms with van der Waals surface area (Å²) in [6.45, 7) is 29.9. The van der Waals surface area contributed by atoms with Crippen LogP contribution in [0.25, 0.3) is 54.2 Å². The smallest absolute Gasteiger partial charge is 0.167 e. The van der Waals surface area contributed by atoms with Gasteiger partial charge in [-0.1, -0.05) is 192 Å². The minimum absolute atomic E-state index is 0.222. The van der Waals surface area contributed by atoms with Crippen molar-refractivity contribution in [3.63, 3.8) is 0 Å². The minimum Gasteiger partial charge on any atom is -0.294 e. The average molecular weight is 785 g/mol. The van der Waals surface area contributed by atoms with Gasteiger partial charge >= 0.3 is 0 Å². The van der Waals surface area contributed by atoms with Crippen LogP contribution in [0.5, 0.6) is 0 Å². The molecule has 0 amide bonds. The van der Waals surface area contributed by atoms with Crippen molar-refractivity contribution in [3.8, 4) is 11.1 Å². The van der Waals surface area contributed by atoms with E-state index in [1.54, 1.807) is 5.19 Å². The molecule has 7 rings (SSSR count). The standard InChI is InChI=1S/C54H64OSi2/c1-34(2)56(35(3)4,36(5)6)53-49-23-17-22-48(51(55)31-40-24-25-41-18-13-15-20-43(41)30-40)52(49)54(57(37(7)8,38(9)10)39(11)12)47-29-28-46(33-50(47)53)45-27-26-42-19-14-16-21-44(42)32-45/h13-30,32-39H,31H2,1-12H3. The van der Waals surface area contributed by atoms with Gasteiger partial charge in [-0.15, -0.1) is 0 Å². The van der Waals surface area contributed by atoms with E-state index in [2.05, 4.69) is 204 Å². The third kappa shape index (κ3) is 6.63. The number of fused-ring (bicyclic) bond motifs is 4. The van der Waals surface area contributed by atoms with Crippen LogP contribution < -0.4 is 10.4 Å². The quantitative estimate of drug-likeness (QED) is 0.0685. The van der Waals surface area contributed by atoms with E-state index in [0.717, 1.165) is 11.1 Å². The Labute approximate surface area is 344 Å². The fourth-order valence-electron chi connectivity index (χ4n) is 12.3. The molecule has 0 unspecified atom stereocenters. The maximum atomic E-state index is 15.2. The van der Waals surface area contributed by atoms with Crippen LogP contribution in [0, 0.1) is 0 Å². The van der Waals surface area contributed by atoms with Crippen molar-refractivity contribution in [1.82, 2.24) is 0 Å². The molecule has 0 saturated heterocycles. The molecule has 0 fully saturated rings. The number of carbonyl (C=O) groups is 1. The van der Waals surface area contributed by atoms with Gasteiger partial charge in [0.15, 0.2) is 5.78 Å². The molecular formula is C54H64OSi2. The third-order valence-electron chi connectivity index (χ3n) is 14.3. The highest BCUT2D eigenvalue weighted by molar-refractivity contribution is 7.01. The Balaban J connectivity index is 1.67. The molecule has 1 nitrogen and oxygen atoms in total. The van der Waals surface area contributed by atoms with Crippen molar-refractivity contribution in [1.29, 1.82) is 0 Å². The minimum atomic E-state index is -2.37. The van der Waals surface area contributed by atoms with Crippen molar-refractivity contribution in [3.05, 3.63) is 132 Å². The summed E-state index contributed by atoms with van der Waals surface area (Å²) in [6.07, 6.45) is 0.387. The number of hydrogen-bond acceptors (Lipinski definition) is 1. The number of carbonyl (C=O) groups excluding carboxylic acids is 1. The summed E-state index contributed by atoms with van der Waals surface area (Å²) in [5.41, 5.74) is 7.43. The number of ketones is 1. The highest BCUT2D eigenvalue weighted by Gasteiger charge is 2.50. The topological polar surface area (TPSA) is 17.1 Å². The first-order chi connectivity index (χ1) is 27.1. The van der Waals surface area contributed by atoms with Gasteiger partial charge in [0.2, 0.25) is 0 Å². The molecule has 0 heterocycles. The van der Waals surface area contributed by atoms with E-state index in [9.17, 15) is 0 Å². The summed E-state index contributed by atoms with van der Waals surface area (Å²) in [6, 6.07) is 45.0. The molecule has 57 heavy (non-hydrogen) atoms. The van der Waals surface area contributed by atoms with Crippen molar-refractivity contribution in [2.75, 3.05) is 0 Å². The molecule has 0 aromatic heterocycles. The van der Waals surface area contributed by atoms with E-state index < -0.39 is 16.1 Å². The summed E-state index contributed by atoms with van der Waals surface area (Å²) in [5, 5.41) is 13.5. The Morgan fingerprint density at radius 1 is 0.421 bits per heavy atom. The van der Waals surface area contributed by atoms with Crippen LogP contribution in [-0.4, -0.2) is 21.9 Å². The Morgan fingerprint density at radius 3 is 1.46 bits per heavy atom. The second kappa shape index (κ2) is 15.8. The fraction of sp³-hybridized carbons (Fsp3) is 0.352. The molecule has 7 aromatic carbocycles. The van der Waals surface area contributed by atoms with E-state index in [1.165, 1.54) is 59.4 Å². The van der Waals surface area contributed by atoms with Crippen molar-refractivity contribution in [2.45, 2.75) is 123 Å². The van der Waals surface area contributed by atoms with Crippen molar-refractivity contribution >= 4 is 75.4 Å². The zero-order valence-corrected chi connectivity index (χ0v) is 38.6. The molecule has 0 atom stereocenters. The van der Waals surface area contributed by atoms with Crippen LogP contribution in [0.3, 0.4) is 0 Å². The molecule has 0 saturated carbocycles. The molecule has 294 valence electrons. The third-order valence-corrected chi connectivity index (χ3v) is 28.6. The zero-order chi connectivity index (χ0) is 41.0. The summed E-state index contributed by atoms with van der Waals surface area (Å²) in [7, 11) is -4.69. The largest absolute Gasteiger partial charge is 0.294 e. The molecule has 0 aliphatic heterocycles. The lowest BCUT2D eigenvalue weighted by molar-refractivity contribution is 0.0994. The van der Waals surface area contributed by atoms with Crippen LogP contribution in [0.15, 0.2) is 121 Å². The Morgan fingerprint density at radius 2 is 0.895 bits per heavy atom. The Kier molecular flexibility index (Phi) is 11.3. The van der Waals surface area contributed by atoms with Gasteiger partial charge in [-0.3, -0.25) is 4.79 Å². The Bertz CT molecular complexity index is 2560. The van der Waals surface area contributed by atoms with Crippen molar-refractivity contribution in [2.24, 2.45) is 0 Å². The van der Waals surface area contributed by atoms with E-state index in [0.29, 0.717) is 39.7 Å². The number of benzene rings is 7. The van der Waals surface area contributed by atoms with Gasteiger partial charge in [-0.2, -0.15) is 0 Å². The molecule has 0 aliphatic carbocycles. The summed E-state index contributed by atoms with van der Waals surface area (Å²) < 4.78 is 0. The Hall–Kier alpha value is -4.32. The molecule has 0 radical (unpaired) electrons. The zero-order valence-electron chi connectivity index (χ0n) is 36.6. The van der Waals surface area contributed by atoms with Crippen LogP contribution in [0.1, 0.15) is 99.0 Å². The van der Waals surface area contributed by atoms with Crippen LogP contribution in [-0.2, 0) is 6.42 Å². The monoisotopic (exact) mass is 784 g/mol. The molecule has 0 bridgehead atoms. The number of hydrogen-bond donors (Lipinski definition) is 0. The fourth-order valence-corrected chi connectivity index (χ4v) is 26.5. The van der Waals surface area contributed by atoms with Gasteiger partial charge < -0.3 is 0 Å². The molecule has 0 N–H and O–H groups in total. The second-order valence-electron chi connectivity index (χ2n) is 18.9. The van der Waals surface area contributed by atoms with Gasteiger partial charge in [0.25, 0.3) is 0 Å². The van der Waals surface area contributed by atoms with Crippen LogP contribution in [0.4, 0.5) is 0 Å². The predicted molar refractivity (Wildman–Crippen MR) is 258 cm³/mol. The van der Waals surface area contributed by atoms with Crippen molar-refractivity contribution < 1.29 is 4.79 Å². The maximum Gasteiger partial charge on any atom is 0.167 e. The van der Waals surface area contributed by atoms with Gasteiger partial charge in [-0.05, 0) is 116 Å². The lowest BCUT2D eigenvalue weighted by atomic mass is 9.92. The van der Waals surface area contributed by atoms with Crippen LogP contribution >= 0.6 is 0 Å². The van der Waals surface area contributed by atoms with E-state index >= 15 is 4.79 Å². The first-order valence-electron chi connectivity index (χ1n) is 21.7. The summed E-state index contributed by atoms with van der Waals surface area (Å²) >= 11 is 0. The lowest BCUT2D eigenvalue weighted by Crippen LogP contribution is -2.59. The predicted octanol–water partition coefficient (Wildman–Crippen LogP) is 15.2. The van der Waals surface area contributed by atoms with Gasteiger partial charge in [0.1, 0.15) is 0 Å². The molecule has 3 heteroatoms.